The Morgan fingerprint density at radius 2 is 2.43 bits per heavy atom. The van der Waals surface area contributed by atoms with Gasteiger partial charge in [-0.05, 0) is 13.3 Å². The second kappa shape index (κ2) is 4.66. The van der Waals surface area contributed by atoms with Crippen LogP contribution in [0.5, 0.6) is 0 Å². The summed E-state index contributed by atoms with van der Waals surface area (Å²) in [5.41, 5.74) is 0. The van der Waals surface area contributed by atoms with Crippen molar-refractivity contribution < 1.29 is 0 Å². The van der Waals surface area contributed by atoms with Gasteiger partial charge in [0.1, 0.15) is 0 Å². The lowest BCUT2D eigenvalue weighted by Gasteiger charge is -1.81. The monoisotopic (exact) mass is 182 g/mol. The van der Waals surface area contributed by atoms with E-state index in [0.717, 1.165) is 16.8 Å². The van der Waals surface area contributed by atoms with Gasteiger partial charge in [0, 0.05) is 10.4 Å². The third kappa shape index (κ3) is 6.51. The number of hydrogen-bond acceptors (Lipinski definition) is 0. The molecule has 0 saturated carbocycles. The molecule has 0 nitrogen and oxygen atoms in total. The van der Waals surface area contributed by atoms with Gasteiger partial charge < -0.3 is 0 Å². The van der Waals surface area contributed by atoms with Crippen LogP contribution in [0.3, 0.4) is 0 Å². The summed E-state index contributed by atoms with van der Waals surface area (Å²) in [7, 11) is 0. The highest BCUT2D eigenvalue weighted by atomic mass is 79.9. The number of hydrogen-bond donors (Lipinski definition) is 0. The summed E-state index contributed by atoms with van der Waals surface area (Å²) in [6.07, 6.45) is 3.01. The highest BCUT2D eigenvalue weighted by Gasteiger charge is 1.76. The van der Waals surface area contributed by atoms with E-state index in [1.165, 1.54) is 0 Å². The van der Waals surface area contributed by atoms with E-state index >= 15 is 0 Å². The predicted octanol–water partition coefficient (Wildman–Crippen LogP) is 2.91. The fraction of sp³-hybridized carbons (Fsp3) is 0.600. The topological polar surface area (TPSA) is 0 Å². The van der Waals surface area contributed by atoms with E-state index in [0.29, 0.717) is 0 Å². The van der Waals surface area contributed by atoms with Crippen LogP contribution in [-0.2, 0) is 0 Å². The lowest BCUT2D eigenvalue weighted by molar-refractivity contribution is 1.24. The Morgan fingerprint density at radius 3 is 2.57 bits per heavy atom. The molecule has 0 aliphatic carbocycles. The van der Waals surface area contributed by atoms with Crippen LogP contribution < -0.4 is 0 Å². The van der Waals surface area contributed by atoms with Gasteiger partial charge in [-0.3, -0.25) is 0 Å². The van der Waals surface area contributed by atoms with Crippen molar-refractivity contribution in [3.8, 4) is 0 Å². The van der Waals surface area contributed by atoms with Crippen molar-refractivity contribution in [3.63, 3.8) is 0 Å². The fourth-order valence-electron chi connectivity index (χ4n) is 0.253. The number of allylic oxidation sites excluding steroid dienone is 2. The maximum absolute atomic E-state index is 5.50. The molecule has 0 fully saturated rings. The van der Waals surface area contributed by atoms with E-state index in [1.807, 2.05) is 13.0 Å². The molecule has 0 spiro atoms. The minimum Gasteiger partial charge on any atom is -0.0925 e. The number of halogens is 2. The molecule has 0 aromatic heterocycles. The summed E-state index contributed by atoms with van der Waals surface area (Å²) in [5.74, 6) is 0. The summed E-state index contributed by atoms with van der Waals surface area (Å²) in [6.45, 7) is 1.88. The third-order valence-electron chi connectivity index (χ3n) is 0.535. The molecular formula is C5H8BrCl. The molecule has 0 atom stereocenters. The smallest absolute Gasteiger partial charge is 0.0110 e. The largest absolute Gasteiger partial charge is 0.0925 e. The second-order valence-corrected chi connectivity index (χ2v) is 2.66. The molecule has 0 aliphatic rings. The Hall–Kier alpha value is 0.510. The van der Waals surface area contributed by atoms with Gasteiger partial charge in [0.15, 0.2) is 0 Å². The molecule has 0 radical (unpaired) electrons. The van der Waals surface area contributed by atoms with E-state index in [9.17, 15) is 0 Å². The molecule has 2 heteroatoms. The average Bonchev–Trinajstić information content (AvgIpc) is 1.61. The Morgan fingerprint density at radius 1 is 1.86 bits per heavy atom. The molecule has 0 unspecified atom stereocenters. The van der Waals surface area contributed by atoms with Crippen LogP contribution in [0.15, 0.2) is 11.1 Å². The van der Waals surface area contributed by atoms with Crippen molar-refractivity contribution in [2.75, 3.05) is 5.33 Å². The Labute approximate surface area is 57.7 Å². The van der Waals surface area contributed by atoms with Gasteiger partial charge in [-0.15, -0.1) is 0 Å². The normalized spacial score (nSPS) is 12.1. The highest BCUT2D eigenvalue weighted by molar-refractivity contribution is 9.09. The molecule has 0 aromatic carbocycles. The molecule has 0 amide bonds. The molecule has 0 rings (SSSR count). The summed E-state index contributed by atoms with van der Waals surface area (Å²) < 4.78 is 0. The van der Waals surface area contributed by atoms with Crippen LogP contribution in [0, 0.1) is 0 Å². The Bertz CT molecular complexity index is 64.5. The van der Waals surface area contributed by atoms with Crippen LogP contribution in [0.4, 0.5) is 0 Å². The van der Waals surface area contributed by atoms with E-state index in [-0.39, 0.29) is 0 Å². The molecule has 42 valence electrons. The maximum atomic E-state index is 5.50. The van der Waals surface area contributed by atoms with Gasteiger partial charge in [-0.25, -0.2) is 0 Å². The van der Waals surface area contributed by atoms with Crippen LogP contribution in [0.1, 0.15) is 13.3 Å². The molecule has 0 aromatic rings. The van der Waals surface area contributed by atoms with Gasteiger partial charge >= 0.3 is 0 Å². The fourth-order valence-corrected chi connectivity index (χ4v) is 0.591. The number of rotatable bonds is 2. The summed E-state index contributed by atoms with van der Waals surface area (Å²) in [4.78, 5) is 0. The average molecular weight is 183 g/mol. The molecule has 0 bridgehead atoms. The molecular weight excluding hydrogens is 175 g/mol. The van der Waals surface area contributed by atoms with Gasteiger partial charge in [0.25, 0.3) is 0 Å². The highest BCUT2D eigenvalue weighted by Crippen LogP contribution is 2.00. The van der Waals surface area contributed by atoms with Gasteiger partial charge in [-0.1, -0.05) is 33.6 Å². The van der Waals surface area contributed by atoms with Gasteiger partial charge in [0.2, 0.25) is 0 Å². The minimum absolute atomic E-state index is 0.874. The number of alkyl halides is 1. The lowest BCUT2D eigenvalue weighted by Crippen LogP contribution is -1.65. The van der Waals surface area contributed by atoms with Crippen molar-refractivity contribution >= 4 is 27.5 Å². The molecule has 0 N–H and O–H groups in total. The van der Waals surface area contributed by atoms with Crippen LogP contribution in [0.25, 0.3) is 0 Å². The molecule has 0 saturated heterocycles. The van der Waals surface area contributed by atoms with Crippen molar-refractivity contribution in [3.05, 3.63) is 11.1 Å². The molecule has 0 heterocycles. The van der Waals surface area contributed by atoms with Crippen LogP contribution in [-0.4, -0.2) is 5.33 Å². The lowest BCUT2D eigenvalue weighted by atomic mass is 10.4. The van der Waals surface area contributed by atoms with Crippen LogP contribution >= 0.6 is 27.5 Å². The third-order valence-corrected chi connectivity index (χ3v) is 1.15. The van der Waals surface area contributed by atoms with E-state index in [4.69, 9.17) is 11.6 Å². The second-order valence-electron chi connectivity index (χ2n) is 1.27. The first-order chi connectivity index (χ1) is 3.27. The molecule has 0 aliphatic heterocycles. The summed E-state index contributed by atoms with van der Waals surface area (Å²) in [6, 6.07) is 0. The Kier molecular flexibility index (Phi) is 5.00. The van der Waals surface area contributed by atoms with Gasteiger partial charge in [0.05, 0.1) is 0 Å². The SMILES string of the molecule is CC(Cl)=CCCBr. The first-order valence-corrected chi connectivity index (χ1v) is 3.65. The van der Waals surface area contributed by atoms with Crippen molar-refractivity contribution in [1.82, 2.24) is 0 Å². The first-order valence-electron chi connectivity index (χ1n) is 2.15. The van der Waals surface area contributed by atoms with E-state index < -0.39 is 0 Å². The van der Waals surface area contributed by atoms with E-state index in [2.05, 4.69) is 15.9 Å². The zero-order valence-corrected chi connectivity index (χ0v) is 6.59. The maximum Gasteiger partial charge on any atom is 0.0110 e. The quantitative estimate of drug-likeness (QED) is 0.578. The zero-order valence-electron chi connectivity index (χ0n) is 4.25. The van der Waals surface area contributed by atoms with Crippen molar-refractivity contribution in [1.29, 1.82) is 0 Å². The zero-order chi connectivity index (χ0) is 5.70. The molecule has 7 heavy (non-hydrogen) atoms. The summed E-state index contributed by atoms with van der Waals surface area (Å²) >= 11 is 8.77. The van der Waals surface area contributed by atoms with Crippen LogP contribution in [0.2, 0.25) is 0 Å². The first kappa shape index (κ1) is 7.51. The Balaban J connectivity index is 3.08. The van der Waals surface area contributed by atoms with E-state index in [1.54, 1.807) is 0 Å². The van der Waals surface area contributed by atoms with Crippen molar-refractivity contribution in [2.24, 2.45) is 0 Å². The predicted molar refractivity (Wildman–Crippen MR) is 38.0 cm³/mol. The summed E-state index contributed by atoms with van der Waals surface area (Å²) in [5, 5.41) is 1.87. The minimum atomic E-state index is 0.874. The standard InChI is InChI=1S/C5H8BrCl/c1-5(7)3-2-4-6/h3H,2,4H2,1H3. The van der Waals surface area contributed by atoms with Gasteiger partial charge in [-0.2, -0.15) is 0 Å². The van der Waals surface area contributed by atoms with Crippen molar-refractivity contribution in [2.45, 2.75) is 13.3 Å².